The van der Waals surface area contributed by atoms with Crippen molar-refractivity contribution in [3.63, 3.8) is 0 Å². The van der Waals surface area contributed by atoms with E-state index in [4.69, 9.17) is 9.84 Å². The third-order valence-electron chi connectivity index (χ3n) is 5.79. The van der Waals surface area contributed by atoms with Crippen LogP contribution < -0.4 is 10.6 Å². The van der Waals surface area contributed by atoms with E-state index in [9.17, 15) is 14.4 Å². The summed E-state index contributed by atoms with van der Waals surface area (Å²) in [4.78, 5) is 43.6. The smallest absolute Gasteiger partial charge is 0.410 e. The van der Waals surface area contributed by atoms with Gasteiger partial charge >= 0.3 is 6.09 Å². The van der Waals surface area contributed by atoms with Gasteiger partial charge in [-0.3, -0.25) is 14.5 Å². The summed E-state index contributed by atoms with van der Waals surface area (Å²) in [5.41, 5.74) is 2.89. The fraction of sp³-hybridized carbons (Fsp3) is 0.308. The average Bonchev–Trinajstić information content (AvgIpc) is 3.58. The van der Waals surface area contributed by atoms with Gasteiger partial charge in [0.05, 0.1) is 5.69 Å². The van der Waals surface area contributed by atoms with Gasteiger partial charge in [0.25, 0.3) is 5.91 Å². The first-order valence-corrected chi connectivity index (χ1v) is 12.7. The van der Waals surface area contributed by atoms with Gasteiger partial charge < -0.3 is 20.5 Å². The zero-order valence-corrected chi connectivity index (χ0v) is 20.5. The average molecular weight is 509 g/mol. The number of aliphatic hydroxyl groups is 1. The maximum atomic E-state index is 12.9. The van der Waals surface area contributed by atoms with Gasteiger partial charge in [-0.25, -0.2) is 9.78 Å². The molecule has 1 atom stereocenters. The van der Waals surface area contributed by atoms with Gasteiger partial charge in [0.1, 0.15) is 12.6 Å². The van der Waals surface area contributed by atoms with E-state index in [1.807, 2.05) is 35.7 Å². The van der Waals surface area contributed by atoms with Crippen LogP contribution in [0.4, 0.5) is 9.93 Å². The first-order valence-electron chi connectivity index (χ1n) is 11.8. The molecule has 10 heteroatoms. The summed E-state index contributed by atoms with van der Waals surface area (Å²) < 4.78 is 5.41. The Morgan fingerprint density at radius 1 is 1.11 bits per heavy atom. The second-order valence-corrected chi connectivity index (χ2v) is 9.19. The highest BCUT2D eigenvalue weighted by molar-refractivity contribution is 7.14. The number of amides is 3. The first kappa shape index (κ1) is 25.3. The molecule has 2 heterocycles. The summed E-state index contributed by atoms with van der Waals surface area (Å²) in [6, 6.07) is 15.8. The molecule has 36 heavy (non-hydrogen) atoms. The number of hydrogen-bond acceptors (Lipinski definition) is 7. The zero-order valence-electron chi connectivity index (χ0n) is 19.7. The summed E-state index contributed by atoms with van der Waals surface area (Å²) in [5.74, 6) is -0.496. The van der Waals surface area contributed by atoms with Crippen molar-refractivity contribution in [3.8, 4) is 11.3 Å². The molecule has 3 N–H and O–H groups in total. The van der Waals surface area contributed by atoms with Crippen molar-refractivity contribution in [2.45, 2.75) is 31.9 Å². The number of aromatic nitrogens is 1. The van der Waals surface area contributed by atoms with Gasteiger partial charge in [-0.2, -0.15) is 0 Å². The summed E-state index contributed by atoms with van der Waals surface area (Å²) in [6.45, 7) is 1.06. The van der Waals surface area contributed by atoms with Crippen LogP contribution in [0.3, 0.4) is 0 Å². The van der Waals surface area contributed by atoms with E-state index in [0.717, 1.165) is 17.5 Å². The summed E-state index contributed by atoms with van der Waals surface area (Å²) >= 11 is 1.29. The molecule has 0 unspecified atom stereocenters. The van der Waals surface area contributed by atoms with Crippen molar-refractivity contribution in [2.24, 2.45) is 0 Å². The molecule has 3 aromatic rings. The molecular weight excluding hydrogens is 480 g/mol. The van der Waals surface area contributed by atoms with E-state index in [2.05, 4.69) is 15.6 Å². The van der Waals surface area contributed by atoms with Crippen LogP contribution in [0, 0.1) is 0 Å². The molecule has 1 aliphatic heterocycles. The summed E-state index contributed by atoms with van der Waals surface area (Å²) in [5, 5.41) is 16.7. The van der Waals surface area contributed by atoms with Crippen LogP contribution in [-0.2, 0) is 16.1 Å². The van der Waals surface area contributed by atoms with E-state index >= 15 is 0 Å². The Hall–Kier alpha value is -3.76. The molecule has 3 amide bonds. The SMILES string of the molecule is O=C(NCCCO)c1ccc(-c2csc(NC(=O)[C@H]3CCCN3C(=O)OCc3ccccc3)n2)cc1. The maximum Gasteiger partial charge on any atom is 0.410 e. The molecule has 1 aliphatic rings. The molecule has 1 aromatic heterocycles. The molecule has 1 saturated heterocycles. The van der Waals surface area contributed by atoms with Crippen molar-refractivity contribution in [2.75, 3.05) is 25.0 Å². The van der Waals surface area contributed by atoms with Crippen LogP contribution in [0.1, 0.15) is 35.2 Å². The fourth-order valence-electron chi connectivity index (χ4n) is 3.89. The minimum Gasteiger partial charge on any atom is -0.445 e. The first-order chi connectivity index (χ1) is 17.5. The van der Waals surface area contributed by atoms with E-state index in [1.54, 1.807) is 24.3 Å². The van der Waals surface area contributed by atoms with E-state index in [1.165, 1.54) is 16.2 Å². The van der Waals surface area contributed by atoms with Crippen LogP contribution in [0.15, 0.2) is 60.0 Å². The van der Waals surface area contributed by atoms with Crippen LogP contribution >= 0.6 is 11.3 Å². The molecule has 0 bridgehead atoms. The number of carbonyl (C=O) groups is 3. The predicted octanol–water partition coefficient (Wildman–Crippen LogP) is 3.66. The Morgan fingerprint density at radius 3 is 2.64 bits per heavy atom. The quantitative estimate of drug-likeness (QED) is 0.380. The lowest BCUT2D eigenvalue weighted by atomic mass is 10.1. The molecule has 2 aromatic carbocycles. The molecular formula is C26H28N4O5S. The number of benzene rings is 2. The number of nitrogens with zero attached hydrogens (tertiary/aromatic N) is 2. The Morgan fingerprint density at radius 2 is 1.89 bits per heavy atom. The van der Waals surface area contributed by atoms with Gasteiger partial charge in [0, 0.05) is 36.2 Å². The number of ether oxygens (including phenoxy) is 1. The number of likely N-dealkylation sites (tertiary alicyclic amines) is 1. The summed E-state index contributed by atoms with van der Waals surface area (Å²) in [6.07, 6.45) is 1.29. The lowest BCUT2D eigenvalue weighted by Crippen LogP contribution is -2.43. The van der Waals surface area contributed by atoms with Gasteiger partial charge in [-0.15, -0.1) is 11.3 Å². The number of aliphatic hydroxyl groups excluding tert-OH is 1. The molecule has 9 nitrogen and oxygen atoms in total. The van der Waals surface area contributed by atoms with Gasteiger partial charge in [0.15, 0.2) is 5.13 Å². The number of carbonyl (C=O) groups excluding carboxylic acids is 3. The highest BCUT2D eigenvalue weighted by Gasteiger charge is 2.35. The topological polar surface area (TPSA) is 121 Å². The van der Waals surface area contributed by atoms with E-state index in [0.29, 0.717) is 42.3 Å². The van der Waals surface area contributed by atoms with Crippen LogP contribution in [0.2, 0.25) is 0 Å². The molecule has 0 radical (unpaired) electrons. The lowest BCUT2D eigenvalue weighted by Gasteiger charge is -2.22. The molecule has 0 aliphatic carbocycles. The minimum atomic E-state index is -0.607. The predicted molar refractivity (Wildman–Crippen MR) is 137 cm³/mol. The number of anilines is 1. The van der Waals surface area contributed by atoms with E-state index < -0.39 is 12.1 Å². The Bertz CT molecular complexity index is 1180. The number of hydrogen-bond donors (Lipinski definition) is 3. The fourth-order valence-corrected chi connectivity index (χ4v) is 4.61. The second kappa shape index (κ2) is 12.3. The third kappa shape index (κ3) is 6.46. The minimum absolute atomic E-state index is 0.0268. The largest absolute Gasteiger partial charge is 0.445 e. The highest BCUT2D eigenvalue weighted by atomic mass is 32.1. The van der Waals surface area contributed by atoms with Crippen molar-refractivity contribution in [3.05, 3.63) is 71.1 Å². The monoisotopic (exact) mass is 508 g/mol. The molecule has 0 saturated carbocycles. The van der Waals surface area contributed by atoms with Crippen molar-refractivity contribution >= 4 is 34.4 Å². The molecule has 188 valence electrons. The molecule has 0 spiro atoms. The van der Waals surface area contributed by atoms with Crippen LogP contribution in [0.5, 0.6) is 0 Å². The Kier molecular flexibility index (Phi) is 8.64. The van der Waals surface area contributed by atoms with Crippen molar-refractivity contribution in [1.29, 1.82) is 0 Å². The lowest BCUT2D eigenvalue weighted by molar-refractivity contribution is -0.120. The highest BCUT2D eigenvalue weighted by Crippen LogP contribution is 2.27. The Balaban J connectivity index is 1.32. The second-order valence-electron chi connectivity index (χ2n) is 8.33. The standard InChI is InChI=1S/C26H28N4O5S/c31-15-5-13-27-23(32)20-11-9-19(10-12-20)21-17-36-25(28-21)29-24(33)22-8-4-14-30(22)26(34)35-16-18-6-2-1-3-7-18/h1-3,6-7,9-12,17,22,31H,4-5,8,13-16H2,(H,27,32)(H,28,29,33)/t22-/m1/s1. The van der Waals surface area contributed by atoms with Crippen LogP contribution in [-0.4, -0.2) is 58.6 Å². The summed E-state index contributed by atoms with van der Waals surface area (Å²) in [7, 11) is 0. The number of rotatable bonds is 9. The van der Waals surface area contributed by atoms with E-state index in [-0.39, 0.29) is 25.0 Å². The molecule has 1 fully saturated rings. The van der Waals surface area contributed by atoms with Crippen molar-refractivity contribution in [1.82, 2.24) is 15.2 Å². The Labute approximate surface area is 213 Å². The zero-order chi connectivity index (χ0) is 25.3. The van der Waals surface area contributed by atoms with Gasteiger partial charge in [-0.05, 0) is 37.0 Å². The van der Waals surface area contributed by atoms with Gasteiger partial charge in [0.2, 0.25) is 5.91 Å². The van der Waals surface area contributed by atoms with Gasteiger partial charge in [-0.1, -0.05) is 42.5 Å². The molecule has 4 rings (SSSR count). The van der Waals surface area contributed by atoms with Crippen LogP contribution in [0.25, 0.3) is 11.3 Å². The number of nitrogens with one attached hydrogen (secondary N) is 2. The normalized spacial score (nSPS) is 14.9. The third-order valence-corrected chi connectivity index (χ3v) is 6.55. The maximum absolute atomic E-state index is 12.9. The number of thiazole rings is 1. The van der Waals surface area contributed by atoms with Crippen molar-refractivity contribution < 1.29 is 24.2 Å².